The summed E-state index contributed by atoms with van der Waals surface area (Å²) in [6.07, 6.45) is 1.76. The van der Waals surface area contributed by atoms with E-state index in [0.717, 1.165) is 15.9 Å². The summed E-state index contributed by atoms with van der Waals surface area (Å²) in [7, 11) is 0. The first-order valence-electron chi connectivity index (χ1n) is 6.16. The molecule has 0 radical (unpaired) electrons. The molecule has 0 fully saturated rings. The van der Waals surface area contributed by atoms with Crippen LogP contribution in [0.15, 0.2) is 34.9 Å². The van der Waals surface area contributed by atoms with Gasteiger partial charge in [0.25, 0.3) is 5.91 Å². The SMILES string of the molecule is CCN(Cc1cccc(C)n1)C(=O)c1cc(Br)c[nH]1. The monoisotopic (exact) mass is 321 g/mol. The van der Waals surface area contributed by atoms with Gasteiger partial charge in [0.05, 0.1) is 12.2 Å². The van der Waals surface area contributed by atoms with E-state index in [0.29, 0.717) is 18.8 Å². The molecule has 0 aliphatic rings. The van der Waals surface area contributed by atoms with E-state index in [2.05, 4.69) is 25.9 Å². The summed E-state index contributed by atoms with van der Waals surface area (Å²) in [4.78, 5) is 21.5. The van der Waals surface area contributed by atoms with Crippen LogP contribution in [0.2, 0.25) is 0 Å². The first-order chi connectivity index (χ1) is 9.10. The summed E-state index contributed by atoms with van der Waals surface area (Å²) in [5.41, 5.74) is 2.45. The van der Waals surface area contributed by atoms with Crippen molar-refractivity contribution in [1.82, 2.24) is 14.9 Å². The molecule has 1 amide bonds. The summed E-state index contributed by atoms with van der Waals surface area (Å²) >= 11 is 3.33. The highest BCUT2D eigenvalue weighted by Gasteiger charge is 2.16. The van der Waals surface area contributed by atoms with Crippen molar-refractivity contribution in [3.05, 3.63) is 52.0 Å². The number of nitrogens with one attached hydrogen (secondary N) is 1. The molecule has 2 aromatic heterocycles. The molecule has 2 heterocycles. The molecule has 1 N–H and O–H groups in total. The Morgan fingerprint density at radius 2 is 2.26 bits per heavy atom. The van der Waals surface area contributed by atoms with Crippen LogP contribution >= 0.6 is 15.9 Å². The van der Waals surface area contributed by atoms with Gasteiger partial charge in [-0.15, -0.1) is 0 Å². The predicted octanol–water partition coefficient (Wildman–Crippen LogP) is 3.14. The van der Waals surface area contributed by atoms with Gasteiger partial charge in [0.1, 0.15) is 5.69 Å². The second-order valence-electron chi connectivity index (χ2n) is 4.32. The van der Waals surface area contributed by atoms with Gasteiger partial charge in [-0.05, 0) is 48.0 Å². The molecule has 4 nitrogen and oxygen atoms in total. The second-order valence-corrected chi connectivity index (χ2v) is 5.24. The first-order valence-corrected chi connectivity index (χ1v) is 6.95. The molecule has 0 atom stereocenters. The van der Waals surface area contributed by atoms with Crippen LogP contribution < -0.4 is 0 Å². The van der Waals surface area contributed by atoms with E-state index in [1.807, 2.05) is 32.0 Å². The van der Waals surface area contributed by atoms with Crippen molar-refractivity contribution in [1.29, 1.82) is 0 Å². The van der Waals surface area contributed by atoms with Gasteiger partial charge < -0.3 is 9.88 Å². The van der Waals surface area contributed by atoms with E-state index in [9.17, 15) is 4.79 Å². The van der Waals surface area contributed by atoms with Crippen molar-refractivity contribution in [2.45, 2.75) is 20.4 Å². The van der Waals surface area contributed by atoms with Gasteiger partial charge in [0, 0.05) is 22.9 Å². The minimum absolute atomic E-state index is 0.0171. The number of hydrogen-bond donors (Lipinski definition) is 1. The van der Waals surface area contributed by atoms with Crippen LogP contribution in [0.4, 0.5) is 0 Å². The molecule has 0 aliphatic carbocycles. The van der Waals surface area contributed by atoms with Crippen LogP contribution in [0.1, 0.15) is 28.8 Å². The molecule has 0 spiro atoms. The van der Waals surface area contributed by atoms with E-state index in [-0.39, 0.29) is 5.91 Å². The Bertz CT molecular complexity index is 580. The number of aromatic amines is 1. The predicted molar refractivity (Wildman–Crippen MR) is 77.9 cm³/mol. The lowest BCUT2D eigenvalue weighted by Gasteiger charge is -2.19. The molecule has 2 rings (SSSR count). The maximum atomic E-state index is 12.3. The van der Waals surface area contributed by atoms with Crippen LogP contribution in [0.25, 0.3) is 0 Å². The van der Waals surface area contributed by atoms with Gasteiger partial charge in [-0.1, -0.05) is 6.07 Å². The molecule has 5 heteroatoms. The normalized spacial score (nSPS) is 10.5. The van der Waals surface area contributed by atoms with Gasteiger partial charge in [-0.2, -0.15) is 0 Å². The third-order valence-corrected chi connectivity index (χ3v) is 3.30. The van der Waals surface area contributed by atoms with Crippen molar-refractivity contribution in [3.8, 4) is 0 Å². The van der Waals surface area contributed by atoms with E-state index in [4.69, 9.17) is 0 Å². The van der Waals surface area contributed by atoms with Crippen molar-refractivity contribution in [2.24, 2.45) is 0 Å². The van der Waals surface area contributed by atoms with Gasteiger partial charge >= 0.3 is 0 Å². The Labute approximate surface area is 121 Å². The zero-order valence-corrected chi connectivity index (χ0v) is 12.6. The Hall–Kier alpha value is -1.62. The lowest BCUT2D eigenvalue weighted by Crippen LogP contribution is -2.30. The maximum absolute atomic E-state index is 12.3. The van der Waals surface area contributed by atoms with Crippen LogP contribution in [0.5, 0.6) is 0 Å². The second kappa shape index (κ2) is 6.02. The van der Waals surface area contributed by atoms with E-state index < -0.39 is 0 Å². The third kappa shape index (κ3) is 3.44. The molecule has 100 valence electrons. The topological polar surface area (TPSA) is 49.0 Å². The number of nitrogens with zero attached hydrogens (tertiary/aromatic N) is 2. The van der Waals surface area contributed by atoms with Gasteiger partial charge in [-0.25, -0.2) is 0 Å². The minimum Gasteiger partial charge on any atom is -0.356 e. The molecule has 0 saturated carbocycles. The molecule has 19 heavy (non-hydrogen) atoms. The summed E-state index contributed by atoms with van der Waals surface area (Å²) in [5.74, 6) is -0.0171. The molecule has 2 aromatic rings. The highest BCUT2D eigenvalue weighted by molar-refractivity contribution is 9.10. The van der Waals surface area contributed by atoms with Crippen LogP contribution in [-0.4, -0.2) is 27.3 Å². The van der Waals surface area contributed by atoms with E-state index >= 15 is 0 Å². The van der Waals surface area contributed by atoms with Crippen molar-refractivity contribution in [3.63, 3.8) is 0 Å². The zero-order valence-electron chi connectivity index (χ0n) is 11.0. The van der Waals surface area contributed by atoms with Crippen LogP contribution in [0.3, 0.4) is 0 Å². The molecular formula is C14H16BrN3O. The Morgan fingerprint density at radius 3 is 2.84 bits per heavy atom. The number of carbonyl (C=O) groups is 1. The highest BCUT2D eigenvalue weighted by atomic mass is 79.9. The van der Waals surface area contributed by atoms with Gasteiger partial charge in [-0.3, -0.25) is 9.78 Å². The van der Waals surface area contributed by atoms with Crippen molar-refractivity contribution < 1.29 is 4.79 Å². The average molecular weight is 322 g/mol. The minimum atomic E-state index is -0.0171. The van der Waals surface area contributed by atoms with E-state index in [1.54, 1.807) is 17.2 Å². The molecule has 0 aromatic carbocycles. The summed E-state index contributed by atoms with van der Waals surface area (Å²) in [6.45, 7) is 5.08. The Morgan fingerprint density at radius 1 is 1.47 bits per heavy atom. The third-order valence-electron chi connectivity index (χ3n) is 2.85. The Balaban J connectivity index is 2.14. The summed E-state index contributed by atoms with van der Waals surface area (Å²) in [6, 6.07) is 7.63. The summed E-state index contributed by atoms with van der Waals surface area (Å²) < 4.78 is 0.876. The zero-order chi connectivity index (χ0) is 13.8. The maximum Gasteiger partial charge on any atom is 0.270 e. The lowest BCUT2D eigenvalue weighted by molar-refractivity contribution is 0.0745. The quantitative estimate of drug-likeness (QED) is 0.940. The first kappa shape index (κ1) is 13.8. The fourth-order valence-corrected chi connectivity index (χ4v) is 2.22. The number of aromatic nitrogens is 2. The van der Waals surface area contributed by atoms with Crippen molar-refractivity contribution >= 4 is 21.8 Å². The smallest absolute Gasteiger partial charge is 0.270 e. The van der Waals surface area contributed by atoms with Crippen LogP contribution in [0, 0.1) is 6.92 Å². The highest BCUT2D eigenvalue weighted by Crippen LogP contribution is 2.14. The molecular weight excluding hydrogens is 306 g/mol. The molecule has 0 unspecified atom stereocenters. The lowest BCUT2D eigenvalue weighted by atomic mass is 10.2. The number of pyridine rings is 1. The van der Waals surface area contributed by atoms with Crippen LogP contribution in [-0.2, 0) is 6.54 Å². The van der Waals surface area contributed by atoms with E-state index in [1.165, 1.54) is 0 Å². The fraction of sp³-hybridized carbons (Fsp3) is 0.286. The largest absolute Gasteiger partial charge is 0.356 e. The number of amides is 1. The number of halogens is 1. The van der Waals surface area contributed by atoms with Gasteiger partial charge in [0.15, 0.2) is 0 Å². The summed E-state index contributed by atoms with van der Waals surface area (Å²) in [5, 5.41) is 0. The molecule has 0 bridgehead atoms. The number of carbonyl (C=O) groups excluding carboxylic acids is 1. The van der Waals surface area contributed by atoms with Gasteiger partial charge in [0.2, 0.25) is 0 Å². The molecule has 0 saturated heterocycles. The standard InChI is InChI=1S/C14H16BrN3O/c1-3-18(9-12-6-4-5-10(2)17-12)14(19)13-7-11(15)8-16-13/h4-8,16H,3,9H2,1-2H3. The van der Waals surface area contributed by atoms with Crippen molar-refractivity contribution in [2.75, 3.05) is 6.54 Å². The Kier molecular flexibility index (Phi) is 4.37. The fourth-order valence-electron chi connectivity index (χ4n) is 1.87. The number of aryl methyl sites for hydroxylation is 1. The number of rotatable bonds is 4. The average Bonchev–Trinajstić information content (AvgIpc) is 2.82. The number of H-pyrrole nitrogens is 1. The molecule has 0 aliphatic heterocycles. The number of hydrogen-bond acceptors (Lipinski definition) is 2.